The molecule has 152 valence electrons. The molecule has 2 N–H and O–H groups in total. The summed E-state index contributed by atoms with van der Waals surface area (Å²) in [6, 6.07) is 17.4. The van der Waals surface area contributed by atoms with E-state index < -0.39 is 27.5 Å². The highest BCUT2D eigenvalue weighted by atomic mass is 32.2. The minimum atomic E-state index is -3.88. The second-order valence-corrected chi connectivity index (χ2v) is 9.59. The Morgan fingerprint density at radius 3 is 2.17 bits per heavy atom. The summed E-state index contributed by atoms with van der Waals surface area (Å²) in [4.78, 5) is 12.7. The van der Waals surface area contributed by atoms with Gasteiger partial charge in [0.1, 0.15) is 11.6 Å². The summed E-state index contributed by atoms with van der Waals surface area (Å²) >= 11 is 0. The Hall–Kier alpha value is -2.69. The van der Waals surface area contributed by atoms with E-state index in [2.05, 4.69) is 16.1 Å². The van der Waals surface area contributed by atoms with Gasteiger partial charge in [-0.1, -0.05) is 56.3 Å². The number of nitrogens with zero attached hydrogens (tertiary/aromatic N) is 1. The van der Waals surface area contributed by atoms with Crippen molar-refractivity contribution in [3.8, 4) is 17.2 Å². The molecule has 1 fully saturated rings. The first-order chi connectivity index (χ1) is 13.7. The van der Waals surface area contributed by atoms with Crippen molar-refractivity contribution >= 4 is 15.9 Å². The molecule has 7 heteroatoms. The van der Waals surface area contributed by atoms with Crippen molar-refractivity contribution in [2.45, 2.75) is 49.6 Å². The number of hydrogen-bond donors (Lipinski definition) is 2. The highest BCUT2D eigenvalue weighted by molar-refractivity contribution is 7.89. The van der Waals surface area contributed by atoms with Gasteiger partial charge in [0, 0.05) is 0 Å². The Morgan fingerprint density at radius 1 is 1.07 bits per heavy atom. The Labute approximate surface area is 172 Å². The smallest absolute Gasteiger partial charge is 0.241 e. The number of benzene rings is 2. The average molecular weight is 412 g/mol. The van der Waals surface area contributed by atoms with E-state index in [1.165, 1.54) is 12.1 Å². The molecule has 3 rings (SSSR count). The molecule has 0 aliphatic heterocycles. The van der Waals surface area contributed by atoms with Crippen LogP contribution in [0.15, 0.2) is 59.5 Å². The molecule has 1 saturated carbocycles. The number of sulfonamides is 1. The maximum absolute atomic E-state index is 12.9. The second-order valence-electron chi connectivity index (χ2n) is 7.88. The summed E-state index contributed by atoms with van der Waals surface area (Å²) in [6.07, 6.45) is 1.53. The monoisotopic (exact) mass is 411 g/mol. The SMILES string of the molecule is CC(C)C[C@H](NS(=O)(=O)c1ccc(-c2ccccc2)cc1)C(=O)NC1(C#N)CC1. The molecule has 1 aliphatic rings. The van der Waals surface area contributed by atoms with Crippen LogP contribution >= 0.6 is 0 Å². The lowest BCUT2D eigenvalue weighted by Crippen LogP contribution is -2.50. The summed E-state index contributed by atoms with van der Waals surface area (Å²) in [7, 11) is -3.88. The van der Waals surface area contributed by atoms with Gasteiger partial charge in [0.05, 0.1) is 11.0 Å². The Morgan fingerprint density at radius 2 is 1.66 bits per heavy atom. The lowest BCUT2D eigenvalue weighted by molar-refractivity contribution is -0.123. The van der Waals surface area contributed by atoms with Crippen molar-refractivity contribution in [1.29, 1.82) is 5.26 Å². The van der Waals surface area contributed by atoms with E-state index >= 15 is 0 Å². The van der Waals surface area contributed by atoms with Gasteiger partial charge >= 0.3 is 0 Å². The molecule has 1 atom stereocenters. The molecular formula is C22H25N3O3S. The number of carbonyl (C=O) groups is 1. The van der Waals surface area contributed by atoms with Gasteiger partial charge in [-0.3, -0.25) is 4.79 Å². The second kappa shape index (κ2) is 8.36. The summed E-state index contributed by atoms with van der Waals surface area (Å²) in [6.45, 7) is 3.83. The number of carbonyl (C=O) groups excluding carboxylic acids is 1. The van der Waals surface area contributed by atoms with Gasteiger partial charge in [0.2, 0.25) is 15.9 Å². The largest absolute Gasteiger partial charge is 0.336 e. The zero-order valence-electron chi connectivity index (χ0n) is 16.6. The van der Waals surface area contributed by atoms with Crippen LogP contribution in [0, 0.1) is 17.2 Å². The summed E-state index contributed by atoms with van der Waals surface area (Å²) in [5, 5.41) is 11.9. The minimum Gasteiger partial charge on any atom is -0.336 e. The van der Waals surface area contributed by atoms with Crippen LogP contribution < -0.4 is 10.0 Å². The summed E-state index contributed by atoms with van der Waals surface area (Å²) in [5.74, 6) is -0.353. The minimum absolute atomic E-state index is 0.0974. The lowest BCUT2D eigenvalue weighted by Gasteiger charge is -2.21. The molecule has 1 amide bonds. The third-order valence-electron chi connectivity index (χ3n) is 4.92. The van der Waals surface area contributed by atoms with Crippen molar-refractivity contribution in [2.75, 3.05) is 0 Å². The van der Waals surface area contributed by atoms with Crippen molar-refractivity contribution < 1.29 is 13.2 Å². The maximum atomic E-state index is 12.9. The van der Waals surface area contributed by atoms with Crippen LogP contribution in [0.3, 0.4) is 0 Å². The van der Waals surface area contributed by atoms with E-state index in [-0.39, 0.29) is 10.8 Å². The van der Waals surface area contributed by atoms with Crippen LogP contribution in [0.1, 0.15) is 33.1 Å². The fourth-order valence-corrected chi connectivity index (χ4v) is 4.31. The van der Waals surface area contributed by atoms with E-state index in [4.69, 9.17) is 0 Å². The van der Waals surface area contributed by atoms with Gasteiger partial charge in [-0.25, -0.2) is 8.42 Å². The standard InChI is InChI=1S/C22H25N3O3S/c1-16(2)14-20(21(26)24-22(15-23)12-13-22)25-29(27,28)19-10-8-18(9-11-19)17-6-4-3-5-7-17/h3-11,16,20,25H,12-14H2,1-2H3,(H,24,26)/t20-/m0/s1. The highest BCUT2D eigenvalue weighted by Crippen LogP contribution is 2.34. The van der Waals surface area contributed by atoms with E-state index in [9.17, 15) is 18.5 Å². The van der Waals surface area contributed by atoms with Gasteiger partial charge in [-0.05, 0) is 48.4 Å². The molecule has 29 heavy (non-hydrogen) atoms. The predicted molar refractivity (Wildman–Crippen MR) is 111 cm³/mol. The molecule has 0 bridgehead atoms. The van der Waals surface area contributed by atoms with Gasteiger partial charge in [-0.2, -0.15) is 9.98 Å². The molecule has 0 radical (unpaired) electrons. The van der Waals surface area contributed by atoms with Gasteiger partial charge in [0.25, 0.3) is 0 Å². The first kappa shape index (κ1) is 21.0. The van der Waals surface area contributed by atoms with E-state index in [0.717, 1.165) is 11.1 Å². The zero-order valence-corrected chi connectivity index (χ0v) is 17.4. The molecule has 0 heterocycles. The van der Waals surface area contributed by atoms with Gasteiger partial charge in [-0.15, -0.1) is 0 Å². The molecule has 0 unspecified atom stereocenters. The first-order valence-corrected chi connectivity index (χ1v) is 11.1. The zero-order chi connectivity index (χ0) is 21.1. The quantitative estimate of drug-likeness (QED) is 0.697. The van der Waals surface area contributed by atoms with Crippen LogP contribution in [0.4, 0.5) is 0 Å². The molecule has 1 aliphatic carbocycles. The maximum Gasteiger partial charge on any atom is 0.241 e. The number of hydrogen-bond acceptors (Lipinski definition) is 4. The van der Waals surface area contributed by atoms with E-state index in [0.29, 0.717) is 19.3 Å². The summed E-state index contributed by atoms with van der Waals surface area (Å²) in [5.41, 5.74) is 1.06. The third kappa shape index (κ3) is 5.22. The number of nitriles is 1. The molecule has 2 aromatic carbocycles. The van der Waals surface area contributed by atoms with Crippen LogP contribution in [-0.4, -0.2) is 25.9 Å². The lowest BCUT2D eigenvalue weighted by atomic mass is 10.0. The molecule has 0 saturated heterocycles. The Balaban J connectivity index is 1.77. The van der Waals surface area contributed by atoms with Gasteiger partial charge < -0.3 is 5.32 Å². The fourth-order valence-electron chi connectivity index (χ4n) is 3.11. The van der Waals surface area contributed by atoms with Crippen LogP contribution in [-0.2, 0) is 14.8 Å². The topological polar surface area (TPSA) is 99.1 Å². The van der Waals surface area contributed by atoms with Crippen molar-refractivity contribution in [3.63, 3.8) is 0 Å². The molecule has 6 nitrogen and oxygen atoms in total. The van der Waals surface area contributed by atoms with Crippen LogP contribution in [0.5, 0.6) is 0 Å². The number of nitrogens with one attached hydrogen (secondary N) is 2. The molecular weight excluding hydrogens is 386 g/mol. The average Bonchev–Trinajstić information content (AvgIpc) is 3.47. The van der Waals surface area contributed by atoms with Crippen molar-refractivity contribution in [3.05, 3.63) is 54.6 Å². The van der Waals surface area contributed by atoms with E-state index in [1.807, 2.05) is 44.2 Å². The first-order valence-electron chi connectivity index (χ1n) is 9.66. The van der Waals surface area contributed by atoms with Crippen molar-refractivity contribution in [2.24, 2.45) is 5.92 Å². The fraction of sp³-hybridized carbons (Fsp3) is 0.364. The van der Waals surface area contributed by atoms with Crippen LogP contribution in [0.2, 0.25) is 0 Å². The normalized spacial score (nSPS) is 16.1. The highest BCUT2D eigenvalue weighted by Gasteiger charge is 2.46. The predicted octanol–water partition coefficient (Wildman–Crippen LogP) is 3.22. The molecule has 2 aromatic rings. The Bertz CT molecular complexity index is 1010. The van der Waals surface area contributed by atoms with E-state index in [1.54, 1.807) is 12.1 Å². The number of amides is 1. The van der Waals surface area contributed by atoms with Crippen molar-refractivity contribution in [1.82, 2.24) is 10.0 Å². The van der Waals surface area contributed by atoms with Gasteiger partial charge in [0.15, 0.2) is 0 Å². The molecule has 0 aromatic heterocycles. The van der Waals surface area contributed by atoms with Crippen LogP contribution in [0.25, 0.3) is 11.1 Å². The Kier molecular flexibility index (Phi) is 6.06. The molecule has 0 spiro atoms. The summed E-state index contributed by atoms with van der Waals surface area (Å²) < 4.78 is 28.3. The number of rotatable bonds is 8. The third-order valence-corrected chi connectivity index (χ3v) is 6.41.